The standard InChI is InChI=1S/C32H50N12O13S3/c33-30(34)36-9-4-7-25(26(48)12-21(15-56-19-46)28(50)37-23(17-58)16-57-52)38-29(51)20(14-55-18-45)11-24(47)6-1-2-10-44-13-22(40-43-44)5-3-8-27(49)39-31-41-42-32(59-31)60(35,53)54/h13,18-21,23,25,52,58H,1-12,14-17H2,(H,37,50)(H,38,51)(H4,33,34,36)(H2,35,53,54)(H,39,41,49)/t20-,21-,23+,25-/m0/s1. The molecule has 0 bridgehead atoms. The maximum atomic E-state index is 13.6. The molecule has 0 spiro atoms. The van der Waals surface area contributed by atoms with Crippen molar-refractivity contribution < 1.29 is 61.6 Å². The number of unbranched alkanes of at least 4 members (excludes halogenated alkanes) is 1. The van der Waals surface area contributed by atoms with E-state index in [1.807, 2.05) is 0 Å². The Morgan fingerprint density at radius 2 is 1.62 bits per heavy atom. The first-order valence-electron chi connectivity index (χ1n) is 18.3. The Balaban J connectivity index is 1.94. The first-order valence-corrected chi connectivity index (χ1v) is 21.3. The monoisotopic (exact) mass is 906 g/mol. The van der Waals surface area contributed by atoms with Crippen LogP contribution in [0.25, 0.3) is 0 Å². The molecule has 10 N–H and O–H groups in total. The number of amides is 3. The third-order valence-electron chi connectivity index (χ3n) is 8.30. The molecule has 2 aromatic heterocycles. The van der Waals surface area contributed by atoms with Crippen LogP contribution in [0.3, 0.4) is 0 Å². The van der Waals surface area contributed by atoms with E-state index in [1.54, 1.807) is 10.9 Å². The van der Waals surface area contributed by atoms with Gasteiger partial charge in [-0.1, -0.05) is 16.6 Å². The normalized spacial score (nSPS) is 13.2. The van der Waals surface area contributed by atoms with Crippen LogP contribution in [0, 0.1) is 11.8 Å². The minimum atomic E-state index is -4.03. The molecule has 0 saturated heterocycles. The number of nitrogens with two attached hydrogens (primary N) is 3. The zero-order valence-electron chi connectivity index (χ0n) is 32.4. The van der Waals surface area contributed by atoms with Gasteiger partial charge in [0.1, 0.15) is 25.6 Å². The molecule has 25 nitrogen and oxygen atoms in total. The number of hydrogen-bond acceptors (Lipinski definition) is 20. The summed E-state index contributed by atoms with van der Waals surface area (Å²) in [7, 11) is -4.03. The third kappa shape index (κ3) is 20.2. The Bertz CT molecular complexity index is 1860. The van der Waals surface area contributed by atoms with E-state index >= 15 is 0 Å². The van der Waals surface area contributed by atoms with Crippen molar-refractivity contribution >= 4 is 87.3 Å². The number of thiol groups is 1. The van der Waals surface area contributed by atoms with E-state index < -0.39 is 81.4 Å². The van der Waals surface area contributed by atoms with E-state index in [0.29, 0.717) is 49.3 Å². The number of sulfonamides is 1. The molecule has 0 aliphatic carbocycles. The lowest BCUT2D eigenvalue weighted by Gasteiger charge is -2.24. The summed E-state index contributed by atoms with van der Waals surface area (Å²) in [5.41, 5.74) is 11.4. The SMILES string of the molecule is NC(N)=NCCC[C@H](NC(=O)[C@H](COC=O)CC(=O)CCCCn1cc(CCCC(=O)Nc2nnc(S(N)(=O)=O)s2)nn1)C(=O)C[C@@H](COC=O)C(=O)N[C@@H](CS)COO. The third-order valence-corrected chi connectivity index (χ3v) is 10.9. The number of carbonyl (C=O) groups excluding carboxylic acids is 7. The van der Waals surface area contributed by atoms with Gasteiger partial charge in [-0.25, -0.2) is 18.4 Å². The van der Waals surface area contributed by atoms with E-state index in [1.165, 1.54) is 0 Å². The second-order valence-electron chi connectivity index (χ2n) is 13.1. The highest BCUT2D eigenvalue weighted by atomic mass is 32.2. The predicted octanol–water partition coefficient (Wildman–Crippen LogP) is -2.15. The van der Waals surface area contributed by atoms with E-state index in [-0.39, 0.29) is 80.8 Å². The molecule has 4 atom stereocenters. The van der Waals surface area contributed by atoms with Gasteiger partial charge in [-0.3, -0.25) is 48.5 Å². The van der Waals surface area contributed by atoms with Crippen LogP contribution in [0.5, 0.6) is 0 Å². The average molecular weight is 907 g/mol. The van der Waals surface area contributed by atoms with E-state index in [0.717, 1.165) is 0 Å². The van der Waals surface area contributed by atoms with Gasteiger partial charge in [0.05, 0.1) is 29.6 Å². The zero-order chi connectivity index (χ0) is 44.5. The van der Waals surface area contributed by atoms with Crippen molar-refractivity contribution in [2.45, 2.75) is 87.2 Å². The molecular weight excluding hydrogens is 857 g/mol. The second-order valence-corrected chi connectivity index (χ2v) is 16.2. The number of nitrogens with one attached hydrogen (secondary N) is 3. The number of rotatable bonds is 33. The van der Waals surface area contributed by atoms with Crippen LogP contribution in [-0.4, -0.2) is 131 Å². The van der Waals surface area contributed by atoms with Gasteiger partial charge >= 0.3 is 0 Å². The van der Waals surface area contributed by atoms with Crippen LogP contribution in [0.15, 0.2) is 15.5 Å². The second kappa shape index (κ2) is 27.6. The van der Waals surface area contributed by atoms with Gasteiger partial charge in [0.15, 0.2) is 11.7 Å². The average Bonchev–Trinajstić information content (AvgIpc) is 3.87. The van der Waals surface area contributed by atoms with Crippen molar-refractivity contribution in [1.82, 2.24) is 35.8 Å². The molecular formula is C32H50N12O13S3. The quantitative estimate of drug-likeness (QED) is 0.00553. The molecule has 28 heteroatoms. The molecule has 3 amide bonds. The lowest BCUT2D eigenvalue weighted by Crippen LogP contribution is -2.48. The highest BCUT2D eigenvalue weighted by Crippen LogP contribution is 2.19. The number of primary sulfonamides is 1. The number of nitrogens with zero attached hydrogens (tertiary/aromatic N) is 6. The number of aryl methyl sites for hydroxylation is 2. The van der Waals surface area contributed by atoms with Gasteiger partial charge in [0.25, 0.3) is 23.0 Å². The number of guanidine groups is 1. The molecule has 2 rings (SSSR count). The maximum Gasteiger partial charge on any atom is 0.293 e. The molecule has 0 radical (unpaired) electrons. The molecule has 0 unspecified atom stereocenters. The largest absolute Gasteiger partial charge is 0.467 e. The number of aromatic nitrogens is 5. The number of Topliss-reactive ketones (excluding diaryl/α,β-unsaturated/α-hetero) is 2. The van der Waals surface area contributed by atoms with Crippen LogP contribution in [-0.2, 0) is 70.9 Å². The minimum Gasteiger partial charge on any atom is -0.467 e. The Labute approximate surface area is 353 Å². The lowest BCUT2D eigenvalue weighted by atomic mass is 9.94. The van der Waals surface area contributed by atoms with Gasteiger partial charge in [-0.2, -0.15) is 12.6 Å². The molecule has 0 saturated carbocycles. The van der Waals surface area contributed by atoms with Crippen LogP contribution in [0.2, 0.25) is 0 Å². The Kier molecular flexibility index (Phi) is 23.4. The summed E-state index contributed by atoms with van der Waals surface area (Å²) >= 11 is 4.71. The van der Waals surface area contributed by atoms with E-state index in [9.17, 15) is 42.0 Å². The van der Waals surface area contributed by atoms with Crippen molar-refractivity contribution in [3.63, 3.8) is 0 Å². The number of ether oxygens (including phenoxy) is 2. The molecule has 0 aromatic carbocycles. The number of ketones is 2. The Hall–Kier alpha value is -5.16. The zero-order valence-corrected chi connectivity index (χ0v) is 34.9. The fraction of sp³-hybridized carbons (Fsp3) is 0.625. The summed E-state index contributed by atoms with van der Waals surface area (Å²) in [5, 5.41) is 36.5. The molecule has 0 aliphatic heterocycles. The number of anilines is 1. The van der Waals surface area contributed by atoms with Crippen LogP contribution < -0.4 is 32.6 Å². The molecule has 0 fully saturated rings. The van der Waals surface area contributed by atoms with Crippen LogP contribution >= 0.6 is 24.0 Å². The van der Waals surface area contributed by atoms with Crippen molar-refractivity contribution in [2.24, 2.45) is 33.4 Å². The van der Waals surface area contributed by atoms with Gasteiger partial charge < -0.3 is 36.9 Å². The summed E-state index contributed by atoms with van der Waals surface area (Å²) in [5.74, 6) is -5.33. The molecule has 0 aliphatic rings. The van der Waals surface area contributed by atoms with Crippen molar-refractivity contribution in [3.05, 3.63) is 11.9 Å². The fourth-order valence-electron chi connectivity index (χ4n) is 5.33. The first-order chi connectivity index (χ1) is 28.6. The number of carbonyl (C=O) groups is 7. The van der Waals surface area contributed by atoms with E-state index in [2.05, 4.69) is 59.0 Å². The van der Waals surface area contributed by atoms with Gasteiger partial charge in [-0.05, 0) is 38.5 Å². The van der Waals surface area contributed by atoms with Gasteiger partial charge in [0, 0.05) is 50.7 Å². The highest BCUT2D eigenvalue weighted by molar-refractivity contribution is 7.91. The van der Waals surface area contributed by atoms with Gasteiger partial charge in [0.2, 0.25) is 27.2 Å². The summed E-state index contributed by atoms with van der Waals surface area (Å²) in [6.45, 7) is -0.528. The molecule has 2 aromatic rings. The van der Waals surface area contributed by atoms with Crippen LogP contribution in [0.4, 0.5) is 5.13 Å². The first kappa shape index (κ1) is 51.0. The number of aliphatic imine (C=N–C) groups is 1. The molecule has 60 heavy (non-hydrogen) atoms. The predicted molar refractivity (Wildman–Crippen MR) is 213 cm³/mol. The minimum absolute atomic E-state index is 0.00112. The highest BCUT2D eigenvalue weighted by Gasteiger charge is 2.31. The summed E-state index contributed by atoms with van der Waals surface area (Å²) in [6.07, 6.45) is 3.00. The number of hydrogen-bond donors (Lipinski definition) is 8. The van der Waals surface area contributed by atoms with Crippen molar-refractivity contribution in [2.75, 3.05) is 37.4 Å². The summed E-state index contributed by atoms with van der Waals surface area (Å²) in [6, 6.07) is -1.97. The van der Waals surface area contributed by atoms with Crippen molar-refractivity contribution in [3.8, 4) is 0 Å². The smallest absolute Gasteiger partial charge is 0.293 e. The van der Waals surface area contributed by atoms with Gasteiger partial charge in [-0.15, -0.1) is 15.3 Å². The topological polar surface area (TPSA) is 385 Å². The Morgan fingerprint density at radius 3 is 2.23 bits per heavy atom. The maximum absolute atomic E-state index is 13.6. The summed E-state index contributed by atoms with van der Waals surface area (Å²) < 4.78 is 33.4. The van der Waals surface area contributed by atoms with E-state index in [4.69, 9.17) is 31.3 Å². The lowest BCUT2D eigenvalue weighted by molar-refractivity contribution is -0.245. The summed E-state index contributed by atoms with van der Waals surface area (Å²) in [4.78, 5) is 95.1. The van der Waals surface area contributed by atoms with Crippen molar-refractivity contribution in [1.29, 1.82) is 0 Å². The molecule has 2 heterocycles. The fourth-order valence-corrected chi connectivity index (χ4v) is 6.88. The molecule has 334 valence electrons. The van der Waals surface area contributed by atoms with Crippen LogP contribution in [0.1, 0.15) is 63.5 Å². The Morgan fingerprint density at radius 1 is 0.933 bits per heavy atom.